The molecule has 0 radical (unpaired) electrons. The molecule has 1 atom stereocenters. The maximum atomic E-state index is 3.46. The maximum absolute atomic E-state index is 3.46. The second-order valence-electron chi connectivity index (χ2n) is 3.57. The van der Waals surface area contributed by atoms with Gasteiger partial charge < -0.3 is 5.32 Å². The quantitative estimate of drug-likeness (QED) is 0.533. The van der Waals surface area contributed by atoms with Crippen molar-refractivity contribution in [2.45, 2.75) is 31.9 Å². The molecule has 0 aromatic heterocycles. The predicted octanol–water partition coefficient (Wildman–Crippen LogP) is 2.44. The molecule has 1 heterocycles. The van der Waals surface area contributed by atoms with Gasteiger partial charge in [0, 0.05) is 18.3 Å². The molecule has 1 rings (SSSR count). The number of allylic oxidation sites excluding steroid dienone is 1. The van der Waals surface area contributed by atoms with Gasteiger partial charge in [0.05, 0.1) is 0 Å². The summed E-state index contributed by atoms with van der Waals surface area (Å²) in [4.78, 5) is 0. The Labute approximate surface area is 80.0 Å². The van der Waals surface area contributed by atoms with Crippen molar-refractivity contribution >= 4 is 11.8 Å². The van der Waals surface area contributed by atoms with Crippen LogP contribution in [-0.2, 0) is 0 Å². The van der Waals surface area contributed by atoms with E-state index in [0.29, 0.717) is 0 Å². The highest BCUT2D eigenvalue weighted by Gasteiger charge is 2.13. The minimum absolute atomic E-state index is 0.885. The summed E-state index contributed by atoms with van der Waals surface area (Å²) in [5.41, 5.74) is 1.40. The van der Waals surface area contributed by atoms with Crippen LogP contribution in [0.3, 0.4) is 0 Å². The topological polar surface area (TPSA) is 12.0 Å². The van der Waals surface area contributed by atoms with E-state index in [-0.39, 0.29) is 0 Å². The first-order valence-corrected chi connectivity index (χ1v) is 5.79. The molecule has 0 spiro atoms. The zero-order valence-electron chi connectivity index (χ0n) is 8.10. The average Bonchev–Trinajstić information content (AvgIpc) is 2.49. The van der Waals surface area contributed by atoms with Crippen molar-refractivity contribution in [2.75, 3.05) is 18.8 Å². The van der Waals surface area contributed by atoms with Crippen LogP contribution in [0.15, 0.2) is 11.6 Å². The van der Waals surface area contributed by atoms with E-state index in [2.05, 4.69) is 37.0 Å². The standard InChI is InChI=1S/C10H19NS/c1-9(2)5-6-11-8-10-4-3-7-12-10/h5,10-11H,3-4,6-8H2,1-2H3. The Bertz CT molecular complexity index is 144. The van der Waals surface area contributed by atoms with Gasteiger partial charge >= 0.3 is 0 Å². The van der Waals surface area contributed by atoms with Crippen molar-refractivity contribution in [3.63, 3.8) is 0 Å². The van der Waals surface area contributed by atoms with Crippen LogP contribution in [0, 0.1) is 0 Å². The number of hydrogen-bond donors (Lipinski definition) is 1. The molecule has 70 valence electrons. The van der Waals surface area contributed by atoms with Crippen molar-refractivity contribution in [3.05, 3.63) is 11.6 Å². The SMILES string of the molecule is CC(C)=CCNCC1CCCS1. The molecular weight excluding hydrogens is 166 g/mol. The molecule has 0 saturated carbocycles. The number of rotatable bonds is 4. The number of thioether (sulfide) groups is 1. The first-order valence-electron chi connectivity index (χ1n) is 4.74. The van der Waals surface area contributed by atoms with Gasteiger partial charge in [-0.2, -0.15) is 11.8 Å². The van der Waals surface area contributed by atoms with Gasteiger partial charge in [0.25, 0.3) is 0 Å². The van der Waals surface area contributed by atoms with E-state index in [1.54, 1.807) is 0 Å². The fourth-order valence-corrected chi connectivity index (χ4v) is 2.56. The highest BCUT2D eigenvalue weighted by atomic mass is 32.2. The Hall–Kier alpha value is 0.0500. The van der Waals surface area contributed by atoms with Crippen LogP contribution in [0.4, 0.5) is 0 Å². The van der Waals surface area contributed by atoms with Gasteiger partial charge in [-0.05, 0) is 32.4 Å². The number of hydrogen-bond acceptors (Lipinski definition) is 2. The third-order valence-electron chi connectivity index (χ3n) is 2.05. The third kappa shape index (κ3) is 4.17. The lowest BCUT2D eigenvalue weighted by Gasteiger charge is -2.07. The van der Waals surface area contributed by atoms with Crippen LogP contribution >= 0.6 is 11.8 Å². The van der Waals surface area contributed by atoms with Crippen molar-refractivity contribution in [1.29, 1.82) is 0 Å². The molecule has 1 unspecified atom stereocenters. The Morgan fingerprint density at radius 1 is 1.58 bits per heavy atom. The molecule has 0 aromatic carbocycles. The zero-order valence-corrected chi connectivity index (χ0v) is 8.91. The molecule has 1 N–H and O–H groups in total. The van der Waals surface area contributed by atoms with E-state index < -0.39 is 0 Å². The first kappa shape index (κ1) is 10.1. The second-order valence-corrected chi connectivity index (χ2v) is 4.98. The fourth-order valence-electron chi connectivity index (χ4n) is 1.33. The minimum Gasteiger partial charge on any atom is -0.312 e. The smallest absolute Gasteiger partial charge is 0.0172 e. The fraction of sp³-hybridized carbons (Fsp3) is 0.800. The van der Waals surface area contributed by atoms with Gasteiger partial charge in [0.2, 0.25) is 0 Å². The third-order valence-corrected chi connectivity index (χ3v) is 3.45. The normalized spacial score (nSPS) is 22.7. The van der Waals surface area contributed by atoms with Crippen molar-refractivity contribution in [3.8, 4) is 0 Å². The Morgan fingerprint density at radius 3 is 3.00 bits per heavy atom. The summed E-state index contributed by atoms with van der Waals surface area (Å²) >= 11 is 2.12. The molecule has 1 fully saturated rings. The monoisotopic (exact) mass is 185 g/mol. The van der Waals surface area contributed by atoms with Crippen LogP contribution in [0.25, 0.3) is 0 Å². The molecule has 1 aliphatic rings. The molecule has 2 heteroatoms. The molecule has 1 aliphatic heterocycles. The molecule has 1 saturated heterocycles. The first-order chi connectivity index (χ1) is 5.79. The molecule has 0 amide bonds. The molecule has 0 aromatic rings. The summed E-state index contributed by atoms with van der Waals surface area (Å²) in [6.07, 6.45) is 5.08. The molecule has 0 bridgehead atoms. The minimum atomic E-state index is 0.885. The molecule has 12 heavy (non-hydrogen) atoms. The predicted molar refractivity (Wildman–Crippen MR) is 57.8 cm³/mol. The second kappa shape index (κ2) is 5.65. The van der Waals surface area contributed by atoms with Gasteiger partial charge in [-0.3, -0.25) is 0 Å². The lowest BCUT2D eigenvalue weighted by Crippen LogP contribution is -2.23. The van der Waals surface area contributed by atoms with Gasteiger partial charge in [0.15, 0.2) is 0 Å². The van der Waals surface area contributed by atoms with E-state index in [4.69, 9.17) is 0 Å². The molecule has 0 aliphatic carbocycles. The van der Waals surface area contributed by atoms with Crippen molar-refractivity contribution in [1.82, 2.24) is 5.32 Å². The van der Waals surface area contributed by atoms with Gasteiger partial charge in [-0.15, -0.1) is 0 Å². The van der Waals surface area contributed by atoms with Gasteiger partial charge in [0.1, 0.15) is 0 Å². The molecular formula is C10H19NS. The van der Waals surface area contributed by atoms with E-state index in [1.165, 1.54) is 30.7 Å². The van der Waals surface area contributed by atoms with Crippen LogP contribution < -0.4 is 5.32 Å². The van der Waals surface area contributed by atoms with E-state index in [1.807, 2.05) is 0 Å². The largest absolute Gasteiger partial charge is 0.312 e. The summed E-state index contributed by atoms with van der Waals surface area (Å²) in [5.74, 6) is 1.37. The van der Waals surface area contributed by atoms with Crippen LogP contribution in [0.5, 0.6) is 0 Å². The summed E-state index contributed by atoms with van der Waals surface area (Å²) in [7, 11) is 0. The number of nitrogens with one attached hydrogen (secondary N) is 1. The lowest BCUT2D eigenvalue weighted by atomic mass is 10.2. The maximum Gasteiger partial charge on any atom is 0.0172 e. The highest BCUT2D eigenvalue weighted by molar-refractivity contribution is 8.00. The Balaban J connectivity index is 1.98. The summed E-state index contributed by atoms with van der Waals surface area (Å²) < 4.78 is 0. The lowest BCUT2D eigenvalue weighted by molar-refractivity contribution is 0.682. The summed E-state index contributed by atoms with van der Waals surface area (Å²) in [5, 5.41) is 4.35. The summed E-state index contributed by atoms with van der Waals surface area (Å²) in [6.45, 7) is 6.52. The Morgan fingerprint density at radius 2 is 2.42 bits per heavy atom. The van der Waals surface area contributed by atoms with E-state index in [0.717, 1.165) is 11.8 Å². The highest BCUT2D eigenvalue weighted by Crippen LogP contribution is 2.24. The van der Waals surface area contributed by atoms with Gasteiger partial charge in [-0.1, -0.05) is 11.6 Å². The molecule has 1 nitrogen and oxygen atoms in total. The Kier molecular flexibility index (Phi) is 4.77. The van der Waals surface area contributed by atoms with Crippen LogP contribution in [-0.4, -0.2) is 24.1 Å². The van der Waals surface area contributed by atoms with Crippen molar-refractivity contribution in [2.24, 2.45) is 0 Å². The van der Waals surface area contributed by atoms with Crippen LogP contribution in [0.2, 0.25) is 0 Å². The summed E-state index contributed by atoms with van der Waals surface area (Å²) in [6, 6.07) is 0. The van der Waals surface area contributed by atoms with E-state index in [9.17, 15) is 0 Å². The van der Waals surface area contributed by atoms with Crippen molar-refractivity contribution < 1.29 is 0 Å². The van der Waals surface area contributed by atoms with Crippen LogP contribution in [0.1, 0.15) is 26.7 Å². The zero-order chi connectivity index (χ0) is 8.81. The average molecular weight is 185 g/mol. The van der Waals surface area contributed by atoms with E-state index >= 15 is 0 Å². The van der Waals surface area contributed by atoms with Gasteiger partial charge in [-0.25, -0.2) is 0 Å².